The first kappa shape index (κ1) is 13.5. The molecule has 0 saturated heterocycles. The van der Waals surface area contributed by atoms with Crippen molar-refractivity contribution in [3.63, 3.8) is 0 Å². The molecule has 0 saturated carbocycles. The molecule has 0 fully saturated rings. The molecule has 1 aromatic carbocycles. The average molecular weight is 282 g/mol. The van der Waals surface area contributed by atoms with Crippen LogP contribution in [-0.4, -0.2) is 28.5 Å². The maximum atomic E-state index is 12.4. The number of rotatable bonds is 4. The highest BCUT2D eigenvalue weighted by atomic mass is 16.3. The number of aliphatic hydroxyl groups excluding tert-OH is 1. The summed E-state index contributed by atoms with van der Waals surface area (Å²) in [6.07, 6.45) is 2.85. The lowest BCUT2D eigenvalue weighted by molar-refractivity contribution is 0.0924. The van der Waals surface area contributed by atoms with Gasteiger partial charge in [0.05, 0.1) is 11.3 Å². The zero-order valence-corrected chi connectivity index (χ0v) is 11.3. The van der Waals surface area contributed by atoms with Crippen LogP contribution in [0.4, 0.5) is 5.69 Å². The van der Waals surface area contributed by atoms with Gasteiger partial charge in [-0.3, -0.25) is 14.6 Å². The van der Waals surface area contributed by atoms with Crippen LogP contribution in [0.3, 0.4) is 0 Å². The highest BCUT2D eigenvalue weighted by Gasteiger charge is 2.37. The van der Waals surface area contributed by atoms with Crippen molar-refractivity contribution in [2.45, 2.75) is 12.8 Å². The molecule has 5 heteroatoms. The number of nitrogens with zero attached hydrogens (tertiary/aromatic N) is 2. The quantitative estimate of drug-likeness (QED) is 0.868. The third kappa shape index (κ3) is 2.32. The van der Waals surface area contributed by atoms with Gasteiger partial charge in [-0.05, 0) is 42.7 Å². The molecule has 21 heavy (non-hydrogen) atoms. The predicted octanol–water partition coefficient (Wildman–Crippen LogP) is 1.81. The van der Waals surface area contributed by atoms with Crippen LogP contribution in [0.15, 0.2) is 42.6 Å². The van der Waals surface area contributed by atoms with Gasteiger partial charge in [-0.15, -0.1) is 0 Å². The van der Waals surface area contributed by atoms with Gasteiger partial charge in [0.15, 0.2) is 0 Å². The molecule has 1 aromatic heterocycles. The fraction of sp³-hybridized carbons (Fsp3) is 0.188. The Morgan fingerprint density at radius 3 is 2.71 bits per heavy atom. The minimum absolute atomic E-state index is 0.112. The Bertz CT molecular complexity index is 677. The van der Waals surface area contributed by atoms with Crippen LogP contribution in [0.5, 0.6) is 0 Å². The lowest BCUT2D eigenvalue weighted by Gasteiger charge is -2.14. The monoisotopic (exact) mass is 282 g/mol. The van der Waals surface area contributed by atoms with Crippen molar-refractivity contribution < 1.29 is 14.7 Å². The summed E-state index contributed by atoms with van der Waals surface area (Å²) in [7, 11) is 0. The Kier molecular flexibility index (Phi) is 3.50. The average Bonchev–Trinajstić information content (AvgIpc) is 2.78. The molecular weight excluding hydrogens is 268 g/mol. The van der Waals surface area contributed by atoms with Gasteiger partial charge in [0.1, 0.15) is 5.69 Å². The summed E-state index contributed by atoms with van der Waals surface area (Å²) in [5.41, 5.74) is 2.05. The molecule has 1 aliphatic rings. The second-order valence-corrected chi connectivity index (χ2v) is 4.84. The van der Waals surface area contributed by atoms with Gasteiger partial charge >= 0.3 is 0 Å². The summed E-state index contributed by atoms with van der Waals surface area (Å²) in [5, 5.41) is 8.88. The van der Waals surface area contributed by atoms with Crippen LogP contribution >= 0.6 is 0 Å². The first-order chi connectivity index (χ1) is 10.2. The standard InChI is InChI=1S/C16H14N2O3/c19-9-3-5-11-4-1-6-12(10-11)18-15(20)13-7-2-8-17-14(13)16(18)21/h1-2,4,6-8,10,19H,3,5,9H2. The molecule has 2 aromatic rings. The Labute approximate surface area is 121 Å². The predicted molar refractivity (Wildman–Crippen MR) is 77.2 cm³/mol. The Balaban J connectivity index is 1.95. The molecule has 1 aliphatic heterocycles. The number of amides is 2. The second kappa shape index (κ2) is 5.46. The lowest BCUT2D eigenvalue weighted by atomic mass is 10.1. The molecule has 0 radical (unpaired) electrons. The van der Waals surface area contributed by atoms with E-state index in [1.807, 2.05) is 6.07 Å². The highest BCUT2D eigenvalue weighted by molar-refractivity contribution is 6.33. The number of aryl methyl sites for hydroxylation is 1. The number of hydrogen-bond acceptors (Lipinski definition) is 4. The number of carbonyl (C=O) groups excluding carboxylic acids is 2. The van der Waals surface area contributed by atoms with Gasteiger partial charge in [-0.1, -0.05) is 12.1 Å². The highest BCUT2D eigenvalue weighted by Crippen LogP contribution is 2.27. The van der Waals surface area contributed by atoms with Crippen molar-refractivity contribution in [2.75, 3.05) is 11.5 Å². The number of aromatic nitrogens is 1. The van der Waals surface area contributed by atoms with Crippen molar-refractivity contribution in [1.29, 1.82) is 0 Å². The maximum absolute atomic E-state index is 12.4. The normalized spacial score (nSPS) is 13.7. The van der Waals surface area contributed by atoms with E-state index in [-0.39, 0.29) is 18.2 Å². The Morgan fingerprint density at radius 1 is 1.10 bits per heavy atom. The molecule has 2 amide bonds. The maximum Gasteiger partial charge on any atom is 0.284 e. The molecular formula is C16H14N2O3. The summed E-state index contributed by atoms with van der Waals surface area (Å²) in [6.45, 7) is 0.112. The smallest absolute Gasteiger partial charge is 0.284 e. The Morgan fingerprint density at radius 2 is 1.95 bits per heavy atom. The van der Waals surface area contributed by atoms with E-state index in [2.05, 4.69) is 4.98 Å². The first-order valence-corrected chi connectivity index (χ1v) is 6.76. The van der Waals surface area contributed by atoms with Gasteiger partial charge in [-0.25, -0.2) is 4.90 Å². The van der Waals surface area contributed by atoms with Crippen LogP contribution < -0.4 is 4.90 Å². The van der Waals surface area contributed by atoms with E-state index >= 15 is 0 Å². The van der Waals surface area contributed by atoms with Crippen molar-refractivity contribution in [2.24, 2.45) is 0 Å². The lowest BCUT2D eigenvalue weighted by Crippen LogP contribution is -2.29. The molecule has 0 unspecified atom stereocenters. The number of benzene rings is 1. The van der Waals surface area contributed by atoms with E-state index in [4.69, 9.17) is 5.11 Å². The van der Waals surface area contributed by atoms with Crippen LogP contribution in [0.1, 0.15) is 32.8 Å². The minimum atomic E-state index is -0.394. The van der Waals surface area contributed by atoms with Gasteiger partial charge in [-0.2, -0.15) is 0 Å². The van der Waals surface area contributed by atoms with Crippen LogP contribution in [-0.2, 0) is 6.42 Å². The third-order valence-corrected chi connectivity index (χ3v) is 3.44. The summed E-state index contributed by atoms with van der Waals surface area (Å²) in [4.78, 5) is 29.8. The first-order valence-electron chi connectivity index (χ1n) is 6.76. The molecule has 0 bridgehead atoms. The van der Waals surface area contributed by atoms with Gasteiger partial charge in [0, 0.05) is 12.8 Å². The number of hydrogen-bond donors (Lipinski definition) is 1. The van der Waals surface area contributed by atoms with E-state index < -0.39 is 5.91 Å². The molecule has 0 atom stereocenters. The second-order valence-electron chi connectivity index (χ2n) is 4.84. The minimum Gasteiger partial charge on any atom is -0.396 e. The van der Waals surface area contributed by atoms with Crippen LogP contribution in [0.25, 0.3) is 0 Å². The van der Waals surface area contributed by atoms with E-state index in [0.717, 1.165) is 10.5 Å². The molecule has 0 spiro atoms. The van der Waals surface area contributed by atoms with Crippen LogP contribution in [0.2, 0.25) is 0 Å². The van der Waals surface area contributed by atoms with Crippen molar-refractivity contribution in [3.05, 3.63) is 59.4 Å². The van der Waals surface area contributed by atoms with Crippen molar-refractivity contribution in [3.8, 4) is 0 Å². The summed E-state index contributed by atoms with van der Waals surface area (Å²) in [5.74, 6) is -0.739. The van der Waals surface area contributed by atoms with Crippen molar-refractivity contribution >= 4 is 17.5 Å². The third-order valence-electron chi connectivity index (χ3n) is 3.44. The summed E-state index contributed by atoms with van der Waals surface area (Å²) in [6, 6.07) is 10.5. The zero-order chi connectivity index (χ0) is 14.8. The van der Waals surface area contributed by atoms with Gasteiger partial charge in [0.2, 0.25) is 0 Å². The molecule has 1 N–H and O–H groups in total. The SMILES string of the molecule is O=C1c2cccnc2C(=O)N1c1cccc(CCCO)c1. The van der Waals surface area contributed by atoms with E-state index in [9.17, 15) is 9.59 Å². The molecule has 5 nitrogen and oxygen atoms in total. The summed E-state index contributed by atoms with van der Waals surface area (Å²) < 4.78 is 0. The van der Waals surface area contributed by atoms with E-state index in [1.54, 1.807) is 30.3 Å². The zero-order valence-electron chi connectivity index (χ0n) is 11.3. The number of imide groups is 1. The molecule has 106 valence electrons. The fourth-order valence-corrected chi connectivity index (χ4v) is 2.44. The molecule has 0 aliphatic carbocycles. The number of fused-ring (bicyclic) bond motifs is 1. The van der Waals surface area contributed by atoms with Gasteiger partial charge < -0.3 is 5.11 Å². The number of pyridine rings is 1. The van der Waals surface area contributed by atoms with E-state index in [0.29, 0.717) is 24.1 Å². The van der Waals surface area contributed by atoms with Gasteiger partial charge in [0.25, 0.3) is 11.8 Å². The van der Waals surface area contributed by atoms with Crippen LogP contribution in [0, 0.1) is 0 Å². The number of carbonyl (C=O) groups is 2. The fourth-order valence-electron chi connectivity index (χ4n) is 2.44. The summed E-state index contributed by atoms with van der Waals surface area (Å²) >= 11 is 0. The Hall–Kier alpha value is -2.53. The number of anilines is 1. The topological polar surface area (TPSA) is 70.5 Å². The van der Waals surface area contributed by atoms with Crippen molar-refractivity contribution in [1.82, 2.24) is 4.98 Å². The molecule has 3 rings (SSSR count). The number of aliphatic hydroxyl groups is 1. The molecule has 2 heterocycles. The van der Waals surface area contributed by atoms with E-state index in [1.165, 1.54) is 6.20 Å². The largest absolute Gasteiger partial charge is 0.396 e.